The number of benzene rings is 4. The summed E-state index contributed by atoms with van der Waals surface area (Å²) in [5.41, 5.74) is 2.12. The Morgan fingerprint density at radius 1 is 0.490 bits per heavy atom. The summed E-state index contributed by atoms with van der Waals surface area (Å²) >= 11 is 3.39. The Morgan fingerprint density at radius 2 is 0.961 bits per heavy atom. The molecule has 0 radical (unpaired) electrons. The SMILES string of the molecule is C[Si](C)(c1cccc(Sc2ccccn2)c1)c1ccc2c3ccc([Si](C)(C)c4cccc(Sc5ccccn5)c4)cc3n(-c3nncnn3)c2c1. The van der Waals surface area contributed by atoms with E-state index in [-0.39, 0.29) is 0 Å². The first kappa shape index (κ1) is 33.2. The van der Waals surface area contributed by atoms with Gasteiger partial charge < -0.3 is 0 Å². The molecule has 4 heterocycles. The van der Waals surface area contributed by atoms with Crippen molar-refractivity contribution < 1.29 is 0 Å². The van der Waals surface area contributed by atoms with Gasteiger partial charge in [-0.3, -0.25) is 4.57 Å². The minimum Gasteiger partial charge on any atom is -0.275 e. The van der Waals surface area contributed by atoms with Gasteiger partial charge in [0.25, 0.3) is 5.95 Å². The number of rotatable bonds is 9. The normalized spacial score (nSPS) is 12.1. The molecule has 0 atom stereocenters. The Morgan fingerprint density at radius 3 is 1.41 bits per heavy atom. The maximum atomic E-state index is 4.52. The van der Waals surface area contributed by atoms with Crippen LogP contribution >= 0.6 is 23.5 Å². The monoisotopic (exact) mass is 733 g/mol. The third kappa shape index (κ3) is 6.53. The maximum Gasteiger partial charge on any atom is 0.273 e. The minimum atomic E-state index is -2.13. The average Bonchev–Trinajstić information content (AvgIpc) is 3.49. The molecule has 0 saturated heterocycles. The lowest BCUT2D eigenvalue weighted by atomic mass is 10.1. The van der Waals surface area contributed by atoms with Crippen molar-refractivity contribution in [2.75, 3.05) is 0 Å². The van der Waals surface area contributed by atoms with Gasteiger partial charge in [-0.25, -0.2) is 9.97 Å². The second-order valence-corrected chi connectivity index (χ2v) is 24.5. The summed E-state index contributed by atoms with van der Waals surface area (Å²) in [6.45, 7) is 9.67. The molecule has 0 aliphatic rings. The zero-order chi connectivity index (χ0) is 35.0. The lowest BCUT2D eigenvalue weighted by molar-refractivity contribution is 0.801. The van der Waals surface area contributed by atoms with Crippen LogP contribution in [0.3, 0.4) is 0 Å². The number of aromatic nitrogens is 7. The van der Waals surface area contributed by atoms with Gasteiger partial charge in [0.1, 0.15) is 26.2 Å². The fourth-order valence-electron chi connectivity index (χ4n) is 6.59. The van der Waals surface area contributed by atoms with Gasteiger partial charge in [0.2, 0.25) is 0 Å². The second kappa shape index (κ2) is 13.6. The van der Waals surface area contributed by atoms with E-state index >= 15 is 0 Å². The van der Waals surface area contributed by atoms with Gasteiger partial charge >= 0.3 is 0 Å². The van der Waals surface area contributed by atoms with Gasteiger partial charge in [0, 0.05) is 33.0 Å². The van der Waals surface area contributed by atoms with Crippen LogP contribution in [0.4, 0.5) is 0 Å². The van der Waals surface area contributed by atoms with Crippen molar-refractivity contribution in [1.29, 1.82) is 0 Å². The Balaban J connectivity index is 1.22. The third-order valence-corrected chi connectivity index (χ3v) is 18.5. The summed E-state index contributed by atoms with van der Waals surface area (Å²) in [4.78, 5) is 11.4. The fraction of sp³-hybridized carbons (Fsp3) is 0.100. The van der Waals surface area contributed by atoms with Crippen molar-refractivity contribution in [3.63, 3.8) is 0 Å². The highest BCUT2D eigenvalue weighted by Crippen LogP contribution is 2.32. The molecule has 0 amide bonds. The molecule has 51 heavy (non-hydrogen) atoms. The number of nitrogens with zero attached hydrogens (tertiary/aromatic N) is 7. The van der Waals surface area contributed by atoms with Crippen LogP contribution in [0.5, 0.6) is 0 Å². The molecule has 11 heteroatoms. The van der Waals surface area contributed by atoms with Gasteiger partial charge in [-0.2, -0.15) is 0 Å². The van der Waals surface area contributed by atoms with Gasteiger partial charge in [-0.1, -0.05) is 131 Å². The molecular formula is C40H35N7S2Si2. The van der Waals surface area contributed by atoms with E-state index in [1.54, 1.807) is 23.5 Å². The lowest BCUT2D eigenvalue weighted by Crippen LogP contribution is -2.52. The predicted molar refractivity (Wildman–Crippen MR) is 215 cm³/mol. The Labute approximate surface area is 307 Å². The highest BCUT2D eigenvalue weighted by molar-refractivity contribution is 7.99. The first-order valence-corrected chi connectivity index (χ1v) is 24.4. The van der Waals surface area contributed by atoms with Gasteiger partial charge in [0.05, 0.1) is 11.0 Å². The Bertz CT molecular complexity index is 2340. The molecule has 0 fully saturated rings. The van der Waals surface area contributed by atoms with Crippen molar-refractivity contribution in [3.05, 3.63) is 140 Å². The average molecular weight is 734 g/mol. The van der Waals surface area contributed by atoms with Crippen LogP contribution in [0.25, 0.3) is 27.8 Å². The highest BCUT2D eigenvalue weighted by atomic mass is 32.2. The topological polar surface area (TPSA) is 82.3 Å². The Hall–Kier alpha value is -4.95. The third-order valence-electron chi connectivity index (χ3n) is 9.64. The lowest BCUT2D eigenvalue weighted by Gasteiger charge is -2.24. The maximum absolute atomic E-state index is 4.52. The van der Waals surface area contributed by atoms with Gasteiger partial charge in [-0.05, 0) is 60.7 Å². The quantitative estimate of drug-likeness (QED) is 0.146. The van der Waals surface area contributed by atoms with E-state index in [9.17, 15) is 0 Å². The van der Waals surface area contributed by atoms with E-state index in [2.05, 4.69) is 158 Å². The van der Waals surface area contributed by atoms with E-state index in [4.69, 9.17) is 0 Å². The van der Waals surface area contributed by atoms with E-state index in [1.165, 1.54) is 36.9 Å². The smallest absolute Gasteiger partial charge is 0.273 e. The predicted octanol–water partition coefficient (Wildman–Crippen LogP) is 7.10. The zero-order valence-electron chi connectivity index (χ0n) is 28.7. The molecule has 0 unspecified atom stereocenters. The first-order valence-electron chi connectivity index (χ1n) is 16.8. The van der Waals surface area contributed by atoms with Crippen molar-refractivity contribution in [2.24, 2.45) is 0 Å². The zero-order valence-corrected chi connectivity index (χ0v) is 32.4. The largest absolute Gasteiger partial charge is 0.275 e. The van der Waals surface area contributed by atoms with E-state index < -0.39 is 16.1 Å². The van der Waals surface area contributed by atoms with Crippen LogP contribution in [-0.2, 0) is 0 Å². The molecule has 4 aromatic carbocycles. The fourth-order valence-corrected chi connectivity index (χ4v) is 13.2. The molecule has 8 rings (SSSR count). The van der Waals surface area contributed by atoms with Gasteiger partial charge in [-0.15, -0.1) is 20.4 Å². The van der Waals surface area contributed by atoms with Crippen LogP contribution in [0.1, 0.15) is 0 Å². The molecular weight excluding hydrogens is 699 g/mol. The molecule has 4 aromatic heterocycles. The molecule has 0 spiro atoms. The summed E-state index contributed by atoms with van der Waals surface area (Å²) in [6, 6.07) is 43.8. The summed E-state index contributed by atoms with van der Waals surface area (Å²) in [6.07, 6.45) is 5.06. The molecule has 0 bridgehead atoms. The molecule has 0 aliphatic carbocycles. The molecule has 0 aliphatic heterocycles. The first-order chi connectivity index (χ1) is 24.8. The molecule has 8 aromatic rings. The number of hydrogen-bond donors (Lipinski definition) is 0. The molecule has 0 saturated carbocycles. The molecule has 250 valence electrons. The van der Waals surface area contributed by atoms with Crippen molar-refractivity contribution in [1.82, 2.24) is 34.9 Å². The second-order valence-electron chi connectivity index (χ2n) is 13.5. The van der Waals surface area contributed by atoms with E-state index in [1.807, 2.05) is 36.7 Å². The standard InChI is InChI=1S/C40H35N7S2Si2/c1-50(2,30-13-9-11-28(23-30)48-38-15-5-7-21-41-38)32-17-19-34-35-20-18-33(26-37(35)47(36(34)25-32)40-45-43-27-44-46-40)51(3,4)31-14-10-12-29(24-31)49-39-16-6-8-22-42-39/h5-27H,1-4H3. The number of hydrogen-bond acceptors (Lipinski definition) is 8. The minimum absolute atomic E-state index is 0.466. The Kier molecular flexibility index (Phi) is 8.89. The van der Waals surface area contributed by atoms with Crippen LogP contribution in [0.2, 0.25) is 26.2 Å². The summed E-state index contributed by atoms with van der Waals surface area (Å²) in [5.74, 6) is 0.466. The highest BCUT2D eigenvalue weighted by Gasteiger charge is 2.30. The summed E-state index contributed by atoms with van der Waals surface area (Å²) in [5, 5.41) is 26.9. The van der Waals surface area contributed by atoms with Crippen molar-refractivity contribution in [2.45, 2.75) is 46.0 Å². The molecule has 7 nitrogen and oxygen atoms in total. The van der Waals surface area contributed by atoms with Crippen LogP contribution in [0.15, 0.2) is 160 Å². The van der Waals surface area contributed by atoms with E-state index in [0.29, 0.717) is 5.95 Å². The number of pyridine rings is 2. The molecule has 0 N–H and O–H groups in total. The van der Waals surface area contributed by atoms with E-state index in [0.717, 1.165) is 31.9 Å². The van der Waals surface area contributed by atoms with Crippen molar-refractivity contribution in [3.8, 4) is 5.95 Å². The number of fused-ring (bicyclic) bond motifs is 3. The van der Waals surface area contributed by atoms with Gasteiger partial charge in [0.15, 0.2) is 6.33 Å². The van der Waals surface area contributed by atoms with Crippen LogP contribution in [-0.4, -0.2) is 51.1 Å². The van der Waals surface area contributed by atoms with Crippen LogP contribution < -0.4 is 20.7 Å². The van der Waals surface area contributed by atoms with Crippen LogP contribution in [0, 0.1) is 0 Å². The van der Waals surface area contributed by atoms with Crippen molar-refractivity contribution >= 4 is 82.2 Å². The summed E-state index contributed by atoms with van der Waals surface area (Å²) in [7, 11) is -4.26. The summed E-state index contributed by atoms with van der Waals surface area (Å²) < 4.78 is 2.15.